The fourth-order valence-electron chi connectivity index (χ4n) is 4.08. The van der Waals surface area contributed by atoms with Crippen molar-refractivity contribution in [1.82, 2.24) is 0 Å². The molecule has 0 heterocycles. The molecule has 164 valence electrons. The van der Waals surface area contributed by atoms with Crippen molar-refractivity contribution < 1.29 is 28.9 Å². The second kappa shape index (κ2) is 8.61. The smallest absolute Gasteiger partial charge is 0.315 e. The summed E-state index contributed by atoms with van der Waals surface area (Å²) in [5.41, 5.74) is 2.68. The standard InChI is InChI=1S/C25H28O6/c1-3-4-14-30-24(28)25(12-13-25)15-31-22-19(9-11-21(27)23(22)29-2)16-6-5-7-18-17(16)8-10-20(18)26/h5-7,9,11,27H,3-4,8,10,12-15H2,1-2H3. The summed E-state index contributed by atoms with van der Waals surface area (Å²) in [6.07, 6.45) is 4.38. The quantitative estimate of drug-likeness (QED) is 0.464. The Bertz CT molecular complexity index is 1010. The Morgan fingerprint density at radius 2 is 1.84 bits per heavy atom. The number of hydrogen-bond acceptors (Lipinski definition) is 6. The molecule has 2 aliphatic rings. The Hall–Kier alpha value is -3.02. The van der Waals surface area contributed by atoms with Gasteiger partial charge in [0, 0.05) is 17.5 Å². The van der Waals surface area contributed by atoms with E-state index >= 15 is 0 Å². The first-order valence-corrected chi connectivity index (χ1v) is 10.9. The van der Waals surface area contributed by atoms with Crippen LogP contribution in [0.5, 0.6) is 17.2 Å². The molecule has 4 rings (SSSR count). The Labute approximate surface area is 182 Å². The molecule has 0 saturated heterocycles. The van der Waals surface area contributed by atoms with Gasteiger partial charge in [-0.25, -0.2) is 0 Å². The number of unbranched alkanes of at least 4 members (excludes halogenated alkanes) is 1. The van der Waals surface area contributed by atoms with Gasteiger partial charge < -0.3 is 19.3 Å². The van der Waals surface area contributed by atoms with Gasteiger partial charge in [-0.3, -0.25) is 9.59 Å². The Kier molecular flexibility index (Phi) is 5.90. The van der Waals surface area contributed by atoms with E-state index in [0.29, 0.717) is 38.0 Å². The van der Waals surface area contributed by atoms with Crippen LogP contribution in [-0.2, 0) is 16.0 Å². The Morgan fingerprint density at radius 3 is 2.55 bits per heavy atom. The molecule has 0 spiro atoms. The number of methoxy groups -OCH3 is 1. The first-order valence-electron chi connectivity index (χ1n) is 10.9. The summed E-state index contributed by atoms with van der Waals surface area (Å²) < 4.78 is 17.0. The molecule has 2 aliphatic carbocycles. The summed E-state index contributed by atoms with van der Waals surface area (Å²) in [4.78, 5) is 24.8. The molecule has 6 nitrogen and oxygen atoms in total. The van der Waals surface area contributed by atoms with Gasteiger partial charge in [0.1, 0.15) is 12.0 Å². The maximum atomic E-state index is 12.6. The SMILES string of the molecule is CCCCOC(=O)C1(COc2c(-c3cccc4c3CCC4=O)ccc(O)c2OC)CC1. The van der Waals surface area contributed by atoms with Gasteiger partial charge in [0.25, 0.3) is 0 Å². The number of fused-ring (bicyclic) bond motifs is 1. The van der Waals surface area contributed by atoms with Crippen LogP contribution in [0.4, 0.5) is 0 Å². The highest BCUT2D eigenvalue weighted by atomic mass is 16.5. The van der Waals surface area contributed by atoms with Crippen molar-refractivity contribution in [3.05, 3.63) is 41.5 Å². The van der Waals surface area contributed by atoms with Crippen LogP contribution in [0.25, 0.3) is 11.1 Å². The van der Waals surface area contributed by atoms with Crippen LogP contribution in [-0.4, -0.2) is 37.2 Å². The highest BCUT2D eigenvalue weighted by Crippen LogP contribution is 2.50. The molecule has 1 saturated carbocycles. The summed E-state index contributed by atoms with van der Waals surface area (Å²) >= 11 is 0. The minimum Gasteiger partial charge on any atom is -0.504 e. The molecule has 0 radical (unpaired) electrons. The zero-order chi connectivity index (χ0) is 22.0. The minimum absolute atomic E-state index is 0.0414. The number of phenolic OH excluding ortho intramolecular Hbond substituents is 1. The lowest BCUT2D eigenvalue weighted by Gasteiger charge is -2.20. The van der Waals surface area contributed by atoms with Crippen LogP contribution in [0.15, 0.2) is 30.3 Å². The molecule has 0 unspecified atom stereocenters. The third-order valence-corrected chi connectivity index (χ3v) is 6.17. The third-order valence-electron chi connectivity index (χ3n) is 6.17. The van der Waals surface area contributed by atoms with Crippen LogP contribution >= 0.6 is 0 Å². The number of aromatic hydroxyl groups is 1. The lowest BCUT2D eigenvalue weighted by atomic mass is 9.95. The summed E-state index contributed by atoms with van der Waals surface area (Å²) in [6, 6.07) is 8.97. The van der Waals surface area contributed by atoms with Crippen molar-refractivity contribution >= 4 is 11.8 Å². The summed E-state index contributed by atoms with van der Waals surface area (Å²) in [5.74, 6) is 0.461. The number of benzene rings is 2. The van der Waals surface area contributed by atoms with Gasteiger partial charge in [0.15, 0.2) is 17.3 Å². The molecule has 1 fully saturated rings. The molecule has 31 heavy (non-hydrogen) atoms. The maximum Gasteiger partial charge on any atom is 0.315 e. The van der Waals surface area contributed by atoms with E-state index < -0.39 is 5.41 Å². The van der Waals surface area contributed by atoms with Crippen LogP contribution < -0.4 is 9.47 Å². The van der Waals surface area contributed by atoms with Crippen molar-refractivity contribution in [2.24, 2.45) is 5.41 Å². The minimum atomic E-state index is -0.643. The predicted molar refractivity (Wildman–Crippen MR) is 116 cm³/mol. The van der Waals surface area contributed by atoms with E-state index in [1.54, 1.807) is 12.1 Å². The largest absolute Gasteiger partial charge is 0.504 e. The second-order valence-electron chi connectivity index (χ2n) is 8.31. The number of ketones is 1. The fraction of sp³-hybridized carbons (Fsp3) is 0.440. The number of phenols is 1. The summed E-state index contributed by atoms with van der Waals surface area (Å²) in [7, 11) is 1.47. The van der Waals surface area contributed by atoms with Crippen molar-refractivity contribution in [3.63, 3.8) is 0 Å². The molecule has 2 aromatic carbocycles. The van der Waals surface area contributed by atoms with Gasteiger partial charge >= 0.3 is 5.97 Å². The molecule has 0 aliphatic heterocycles. The summed E-state index contributed by atoms with van der Waals surface area (Å²) in [6.45, 7) is 2.62. The molecular weight excluding hydrogens is 396 g/mol. The van der Waals surface area contributed by atoms with Gasteiger partial charge in [-0.05, 0) is 48.9 Å². The van der Waals surface area contributed by atoms with Crippen LogP contribution in [0.3, 0.4) is 0 Å². The Morgan fingerprint density at radius 1 is 1.06 bits per heavy atom. The van der Waals surface area contributed by atoms with E-state index in [4.69, 9.17) is 14.2 Å². The van der Waals surface area contributed by atoms with Crippen LogP contribution in [0, 0.1) is 5.41 Å². The molecule has 0 aromatic heterocycles. The van der Waals surface area contributed by atoms with Crippen molar-refractivity contribution in [3.8, 4) is 28.4 Å². The molecule has 2 aromatic rings. The van der Waals surface area contributed by atoms with E-state index in [9.17, 15) is 14.7 Å². The third kappa shape index (κ3) is 3.99. The van der Waals surface area contributed by atoms with Gasteiger partial charge in [-0.1, -0.05) is 31.5 Å². The van der Waals surface area contributed by atoms with Gasteiger partial charge in [-0.2, -0.15) is 0 Å². The van der Waals surface area contributed by atoms with E-state index in [1.807, 2.05) is 25.1 Å². The van der Waals surface area contributed by atoms with E-state index in [2.05, 4.69) is 0 Å². The molecule has 1 N–H and O–H groups in total. The van der Waals surface area contributed by atoms with Crippen molar-refractivity contribution in [1.29, 1.82) is 0 Å². The molecule has 6 heteroatoms. The average molecular weight is 424 g/mol. The molecule has 0 bridgehead atoms. The Balaban J connectivity index is 1.65. The molecular formula is C25H28O6. The van der Waals surface area contributed by atoms with E-state index in [0.717, 1.165) is 35.1 Å². The highest BCUT2D eigenvalue weighted by Gasteiger charge is 2.52. The van der Waals surface area contributed by atoms with E-state index in [-0.39, 0.29) is 29.9 Å². The van der Waals surface area contributed by atoms with Crippen molar-refractivity contribution in [2.45, 2.75) is 45.4 Å². The number of carbonyl (C=O) groups is 2. The zero-order valence-corrected chi connectivity index (χ0v) is 18.0. The normalized spacial score (nSPS) is 16.0. The zero-order valence-electron chi connectivity index (χ0n) is 18.0. The van der Waals surface area contributed by atoms with E-state index in [1.165, 1.54) is 7.11 Å². The number of ether oxygens (including phenoxy) is 3. The number of hydrogen-bond donors (Lipinski definition) is 1. The maximum absolute atomic E-state index is 12.6. The topological polar surface area (TPSA) is 82.1 Å². The van der Waals surface area contributed by atoms with Crippen LogP contribution in [0.2, 0.25) is 0 Å². The van der Waals surface area contributed by atoms with Gasteiger partial charge in [0.05, 0.1) is 13.7 Å². The van der Waals surface area contributed by atoms with Gasteiger partial charge in [0.2, 0.25) is 5.75 Å². The van der Waals surface area contributed by atoms with Crippen molar-refractivity contribution in [2.75, 3.05) is 20.3 Å². The summed E-state index contributed by atoms with van der Waals surface area (Å²) in [5, 5.41) is 10.3. The fourth-order valence-corrected chi connectivity index (χ4v) is 4.08. The number of Topliss-reactive ketones (excluding diaryl/α,β-unsaturated/α-hetero) is 1. The van der Waals surface area contributed by atoms with Crippen LogP contribution in [0.1, 0.15) is 54.9 Å². The lowest BCUT2D eigenvalue weighted by Crippen LogP contribution is -2.26. The number of carbonyl (C=O) groups excluding carboxylic acids is 2. The highest BCUT2D eigenvalue weighted by molar-refractivity contribution is 6.02. The molecule has 0 amide bonds. The lowest BCUT2D eigenvalue weighted by molar-refractivity contribution is -0.151. The number of esters is 1. The van der Waals surface area contributed by atoms with Gasteiger partial charge in [-0.15, -0.1) is 0 Å². The first kappa shape index (κ1) is 21.2. The number of rotatable bonds is 9. The monoisotopic (exact) mass is 424 g/mol. The molecule has 0 atom stereocenters. The predicted octanol–water partition coefficient (Wildman–Crippen LogP) is 4.70. The average Bonchev–Trinajstić information content (AvgIpc) is 3.48. The first-order chi connectivity index (χ1) is 15.0. The second-order valence-corrected chi connectivity index (χ2v) is 8.31.